The Balaban J connectivity index is 1.63. The smallest absolute Gasteiger partial charge is 0.323 e. The minimum absolute atomic E-state index is 0.307. The van der Waals surface area contributed by atoms with Crippen molar-refractivity contribution in [1.29, 1.82) is 0 Å². The number of carbonyl (C=O) groups excluding carboxylic acids is 1. The van der Waals surface area contributed by atoms with Gasteiger partial charge in [0.1, 0.15) is 0 Å². The molecule has 0 aliphatic rings. The SMILES string of the molecule is CCc1nc(-c2ccc(NC(=O)Nc3ccc(Br)cc3)cc2)no1. The maximum absolute atomic E-state index is 12.0. The third-order valence-corrected chi connectivity index (χ3v) is 3.80. The number of hydrogen-bond acceptors (Lipinski definition) is 4. The quantitative estimate of drug-likeness (QED) is 0.680. The number of aryl methyl sites for hydroxylation is 1. The summed E-state index contributed by atoms with van der Waals surface area (Å²) in [5, 5.41) is 9.46. The van der Waals surface area contributed by atoms with E-state index >= 15 is 0 Å². The van der Waals surface area contributed by atoms with Crippen LogP contribution in [0, 0.1) is 0 Å². The van der Waals surface area contributed by atoms with Gasteiger partial charge in [-0.3, -0.25) is 0 Å². The van der Waals surface area contributed by atoms with Crippen molar-refractivity contribution in [3.8, 4) is 11.4 Å². The third kappa shape index (κ3) is 3.99. The molecule has 0 saturated carbocycles. The molecule has 3 aromatic rings. The molecule has 0 radical (unpaired) electrons. The van der Waals surface area contributed by atoms with Gasteiger partial charge in [-0.05, 0) is 48.5 Å². The van der Waals surface area contributed by atoms with E-state index in [4.69, 9.17) is 4.52 Å². The van der Waals surface area contributed by atoms with Crippen molar-refractivity contribution in [2.45, 2.75) is 13.3 Å². The van der Waals surface area contributed by atoms with E-state index in [1.807, 2.05) is 43.3 Å². The standard InChI is InChI=1S/C17H15BrN4O2/c1-2-15-21-16(22-24-15)11-3-7-13(8-4-11)19-17(23)20-14-9-5-12(18)6-10-14/h3-10H,2H2,1H3,(H2,19,20,23). The molecule has 0 aliphatic heterocycles. The average molecular weight is 387 g/mol. The fourth-order valence-corrected chi connectivity index (χ4v) is 2.31. The summed E-state index contributed by atoms with van der Waals surface area (Å²) in [6.07, 6.45) is 0.697. The first-order chi connectivity index (χ1) is 11.6. The fraction of sp³-hybridized carbons (Fsp3) is 0.118. The van der Waals surface area contributed by atoms with E-state index in [9.17, 15) is 4.79 Å². The molecule has 0 fully saturated rings. The van der Waals surface area contributed by atoms with Crippen molar-refractivity contribution >= 4 is 33.3 Å². The Morgan fingerprint density at radius 3 is 2.17 bits per heavy atom. The first-order valence-electron chi connectivity index (χ1n) is 7.40. The number of amides is 2. The molecule has 2 N–H and O–H groups in total. The van der Waals surface area contributed by atoms with Gasteiger partial charge in [0.15, 0.2) is 0 Å². The predicted molar refractivity (Wildman–Crippen MR) is 95.9 cm³/mol. The molecule has 1 heterocycles. The Bertz CT molecular complexity index is 829. The lowest BCUT2D eigenvalue weighted by molar-refractivity contribution is 0.262. The van der Waals surface area contributed by atoms with E-state index in [0.717, 1.165) is 10.0 Å². The van der Waals surface area contributed by atoms with Crippen LogP contribution in [0.5, 0.6) is 0 Å². The van der Waals surface area contributed by atoms with Crippen LogP contribution < -0.4 is 10.6 Å². The molecule has 0 spiro atoms. The van der Waals surface area contributed by atoms with Gasteiger partial charge in [0.25, 0.3) is 0 Å². The number of carbonyl (C=O) groups is 1. The Labute approximate surface area is 147 Å². The van der Waals surface area contributed by atoms with Crippen molar-refractivity contribution in [3.63, 3.8) is 0 Å². The first kappa shape index (κ1) is 16.2. The summed E-state index contributed by atoms with van der Waals surface area (Å²) in [4.78, 5) is 16.3. The second-order valence-corrected chi connectivity index (χ2v) is 5.94. The lowest BCUT2D eigenvalue weighted by Crippen LogP contribution is -2.19. The van der Waals surface area contributed by atoms with Gasteiger partial charge < -0.3 is 15.2 Å². The largest absolute Gasteiger partial charge is 0.339 e. The monoisotopic (exact) mass is 386 g/mol. The van der Waals surface area contributed by atoms with Gasteiger partial charge in [-0.25, -0.2) is 4.79 Å². The minimum Gasteiger partial charge on any atom is -0.339 e. The van der Waals surface area contributed by atoms with Crippen LogP contribution in [0.15, 0.2) is 57.5 Å². The van der Waals surface area contributed by atoms with E-state index in [-0.39, 0.29) is 6.03 Å². The highest BCUT2D eigenvalue weighted by atomic mass is 79.9. The molecule has 0 bridgehead atoms. The van der Waals surface area contributed by atoms with Crippen molar-refractivity contribution < 1.29 is 9.32 Å². The van der Waals surface area contributed by atoms with Crippen LogP contribution in [0.3, 0.4) is 0 Å². The normalized spacial score (nSPS) is 10.4. The maximum Gasteiger partial charge on any atom is 0.323 e. The van der Waals surface area contributed by atoms with Crippen LogP contribution >= 0.6 is 15.9 Å². The summed E-state index contributed by atoms with van der Waals surface area (Å²) in [5.41, 5.74) is 2.22. The summed E-state index contributed by atoms with van der Waals surface area (Å²) in [5.74, 6) is 1.14. The number of aromatic nitrogens is 2. The number of hydrogen-bond donors (Lipinski definition) is 2. The maximum atomic E-state index is 12.0. The Hall–Kier alpha value is -2.67. The molecule has 2 aromatic carbocycles. The Morgan fingerprint density at radius 2 is 1.62 bits per heavy atom. The van der Waals surface area contributed by atoms with E-state index in [0.29, 0.717) is 29.5 Å². The number of urea groups is 1. The van der Waals surface area contributed by atoms with Gasteiger partial charge in [0.05, 0.1) is 0 Å². The summed E-state index contributed by atoms with van der Waals surface area (Å²) >= 11 is 3.35. The summed E-state index contributed by atoms with van der Waals surface area (Å²) in [6, 6.07) is 14.3. The van der Waals surface area contributed by atoms with E-state index in [1.165, 1.54) is 0 Å². The lowest BCUT2D eigenvalue weighted by Gasteiger charge is -2.08. The molecule has 24 heavy (non-hydrogen) atoms. The number of rotatable bonds is 4. The Morgan fingerprint density at radius 1 is 1.04 bits per heavy atom. The third-order valence-electron chi connectivity index (χ3n) is 3.27. The molecule has 0 atom stereocenters. The lowest BCUT2D eigenvalue weighted by atomic mass is 10.2. The summed E-state index contributed by atoms with van der Waals surface area (Å²) in [6.45, 7) is 1.95. The molecule has 3 rings (SSSR count). The van der Waals surface area contributed by atoms with Crippen LogP contribution in [-0.2, 0) is 6.42 Å². The number of anilines is 2. The second-order valence-electron chi connectivity index (χ2n) is 5.03. The first-order valence-corrected chi connectivity index (χ1v) is 8.20. The highest BCUT2D eigenvalue weighted by Gasteiger charge is 2.08. The molecule has 1 aromatic heterocycles. The summed E-state index contributed by atoms with van der Waals surface area (Å²) in [7, 11) is 0. The van der Waals surface area contributed by atoms with Gasteiger partial charge in [0.2, 0.25) is 11.7 Å². The molecule has 0 saturated heterocycles. The highest BCUT2D eigenvalue weighted by Crippen LogP contribution is 2.19. The van der Waals surface area contributed by atoms with Crippen molar-refractivity contribution in [1.82, 2.24) is 10.1 Å². The van der Waals surface area contributed by atoms with Crippen LogP contribution in [0.1, 0.15) is 12.8 Å². The van der Waals surface area contributed by atoms with Gasteiger partial charge in [-0.1, -0.05) is 28.0 Å². The summed E-state index contributed by atoms with van der Waals surface area (Å²) < 4.78 is 6.05. The number of nitrogens with zero attached hydrogens (tertiary/aromatic N) is 2. The Kier molecular flexibility index (Phi) is 4.90. The molecular weight excluding hydrogens is 372 g/mol. The van der Waals surface area contributed by atoms with E-state index < -0.39 is 0 Å². The van der Waals surface area contributed by atoms with Gasteiger partial charge in [0, 0.05) is 27.8 Å². The van der Waals surface area contributed by atoms with Crippen LogP contribution in [0.25, 0.3) is 11.4 Å². The highest BCUT2D eigenvalue weighted by molar-refractivity contribution is 9.10. The molecule has 2 amide bonds. The molecule has 0 aliphatic carbocycles. The number of benzene rings is 2. The molecule has 0 unspecified atom stereocenters. The van der Waals surface area contributed by atoms with E-state index in [1.54, 1.807) is 12.1 Å². The zero-order valence-corrected chi connectivity index (χ0v) is 14.5. The van der Waals surface area contributed by atoms with Crippen molar-refractivity contribution in [2.75, 3.05) is 10.6 Å². The van der Waals surface area contributed by atoms with Crippen LogP contribution in [0.2, 0.25) is 0 Å². The second kappa shape index (κ2) is 7.27. The topological polar surface area (TPSA) is 80.0 Å². The zero-order valence-electron chi connectivity index (χ0n) is 12.9. The van der Waals surface area contributed by atoms with Gasteiger partial charge in [-0.15, -0.1) is 0 Å². The number of halogens is 1. The molecular formula is C17H15BrN4O2. The molecule has 7 heteroatoms. The van der Waals surface area contributed by atoms with Gasteiger partial charge in [-0.2, -0.15) is 4.98 Å². The average Bonchev–Trinajstić information content (AvgIpc) is 3.07. The van der Waals surface area contributed by atoms with Crippen molar-refractivity contribution in [3.05, 3.63) is 58.9 Å². The predicted octanol–water partition coefficient (Wildman–Crippen LogP) is 4.71. The number of nitrogens with one attached hydrogen (secondary N) is 2. The van der Waals surface area contributed by atoms with Crippen molar-refractivity contribution in [2.24, 2.45) is 0 Å². The minimum atomic E-state index is -0.307. The molecule has 122 valence electrons. The fourth-order valence-electron chi connectivity index (χ4n) is 2.05. The van der Waals surface area contributed by atoms with Crippen LogP contribution in [-0.4, -0.2) is 16.2 Å². The zero-order chi connectivity index (χ0) is 16.9. The van der Waals surface area contributed by atoms with Gasteiger partial charge >= 0.3 is 6.03 Å². The van der Waals surface area contributed by atoms with E-state index in [2.05, 4.69) is 36.7 Å². The van der Waals surface area contributed by atoms with Crippen LogP contribution in [0.4, 0.5) is 16.2 Å². The molecule has 6 nitrogen and oxygen atoms in total.